The molecular weight excluding hydrogens is 346 g/mol. The molecule has 0 radical (unpaired) electrons. The van der Waals surface area contributed by atoms with Gasteiger partial charge in [0.1, 0.15) is 5.82 Å². The fourth-order valence-corrected chi connectivity index (χ4v) is 2.78. The highest BCUT2D eigenvalue weighted by atomic mass is 35.5. The third-order valence-corrected chi connectivity index (χ3v) is 4.30. The Bertz CT molecular complexity index is 789. The minimum atomic E-state index is -4.71. The van der Waals surface area contributed by atoms with Crippen molar-refractivity contribution in [1.29, 1.82) is 0 Å². The van der Waals surface area contributed by atoms with Crippen molar-refractivity contribution in [2.24, 2.45) is 0 Å². The average Bonchev–Trinajstić information content (AvgIpc) is 2.40. The molecule has 0 bridgehead atoms. The van der Waals surface area contributed by atoms with Crippen LogP contribution in [0.4, 0.5) is 23.2 Å². The number of halogens is 5. The van der Waals surface area contributed by atoms with Gasteiger partial charge >= 0.3 is 6.18 Å². The summed E-state index contributed by atoms with van der Waals surface area (Å²) >= 11 is 5.62. The van der Waals surface area contributed by atoms with E-state index in [-0.39, 0.29) is 9.92 Å². The van der Waals surface area contributed by atoms with Crippen LogP contribution < -0.4 is 4.72 Å². The van der Waals surface area contributed by atoms with E-state index in [2.05, 4.69) is 0 Å². The number of hydrogen-bond acceptors (Lipinski definition) is 2. The molecule has 0 spiro atoms. The van der Waals surface area contributed by atoms with Gasteiger partial charge in [0, 0.05) is 5.02 Å². The highest BCUT2D eigenvalue weighted by molar-refractivity contribution is 7.92. The van der Waals surface area contributed by atoms with Crippen LogP contribution in [-0.4, -0.2) is 8.42 Å². The largest absolute Gasteiger partial charge is 0.416 e. The number of alkyl halides is 3. The SMILES string of the molecule is O=S(=O)(Nc1cc(C(F)(F)F)ccc1F)c1ccc(Cl)cc1. The summed E-state index contributed by atoms with van der Waals surface area (Å²) in [7, 11) is -4.23. The molecule has 0 aromatic heterocycles. The molecule has 1 N–H and O–H groups in total. The Balaban J connectivity index is 2.39. The van der Waals surface area contributed by atoms with Gasteiger partial charge in [-0.25, -0.2) is 12.8 Å². The second-order valence-corrected chi connectivity index (χ2v) is 6.37. The van der Waals surface area contributed by atoms with Crippen molar-refractivity contribution in [2.75, 3.05) is 4.72 Å². The lowest BCUT2D eigenvalue weighted by Crippen LogP contribution is -2.15. The predicted octanol–water partition coefficient (Wildman–Crippen LogP) is 4.30. The first-order chi connectivity index (χ1) is 10.1. The number of nitrogens with one attached hydrogen (secondary N) is 1. The highest BCUT2D eigenvalue weighted by Crippen LogP contribution is 2.32. The summed E-state index contributed by atoms with van der Waals surface area (Å²) in [4.78, 5) is -0.256. The minimum absolute atomic E-state index is 0.256. The summed E-state index contributed by atoms with van der Waals surface area (Å²) in [5.41, 5.74) is -1.95. The maximum Gasteiger partial charge on any atom is 0.416 e. The lowest BCUT2D eigenvalue weighted by Gasteiger charge is -2.12. The predicted molar refractivity (Wildman–Crippen MR) is 73.7 cm³/mol. The van der Waals surface area contributed by atoms with Crippen LogP contribution in [0.15, 0.2) is 47.4 Å². The number of rotatable bonds is 3. The Labute approximate surface area is 128 Å². The minimum Gasteiger partial charge on any atom is -0.277 e. The van der Waals surface area contributed by atoms with Gasteiger partial charge in [-0.2, -0.15) is 13.2 Å². The van der Waals surface area contributed by atoms with Gasteiger partial charge < -0.3 is 0 Å². The molecule has 0 aliphatic carbocycles. The standard InChI is InChI=1S/C13H8ClF4NO2S/c14-9-2-4-10(5-3-9)22(20,21)19-12-7-8(13(16,17)18)1-6-11(12)15/h1-7,19H. The third kappa shape index (κ3) is 3.69. The molecule has 0 saturated carbocycles. The van der Waals surface area contributed by atoms with Gasteiger partial charge in [0.25, 0.3) is 10.0 Å². The van der Waals surface area contributed by atoms with E-state index < -0.39 is 33.3 Å². The first-order valence-corrected chi connectivity index (χ1v) is 7.61. The second-order valence-electron chi connectivity index (χ2n) is 4.25. The maximum atomic E-state index is 13.6. The van der Waals surface area contributed by atoms with Gasteiger partial charge in [0.15, 0.2) is 0 Å². The first-order valence-electron chi connectivity index (χ1n) is 5.75. The van der Waals surface area contributed by atoms with Crippen LogP contribution in [0.5, 0.6) is 0 Å². The molecule has 0 heterocycles. The van der Waals surface area contributed by atoms with Gasteiger partial charge in [-0.05, 0) is 42.5 Å². The third-order valence-electron chi connectivity index (χ3n) is 2.66. The van der Waals surface area contributed by atoms with E-state index in [1.165, 1.54) is 12.1 Å². The smallest absolute Gasteiger partial charge is 0.277 e. The lowest BCUT2D eigenvalue weighted by molar-refractivity contribution is -0.137. The molecule has 2 rings (SSSR count). The summed E-state index contributed by atoms with van der Waals surface area (Å²) in [6.45, 7) is 0. The van der Waals surface area contributed by atoms with Gasteiger partial charge in [-0.3, -0.25) is 4.72 Å². The van der Waals surface area contributed by atoms with Crippen LogP contribution in [0, 0.1) is 5.82 Å². The Morgan fingerprint density at radius 1 is 1.00 bits per heavy atom. The van der Waals surface area contributed by atoms with Gasteiger partial charge in [0.05, 0.1) is 16.1 Å². The summed E-state index contributed by atoms with van der Waals surface area (Å²) < 4.78 is 77.1. The normalized spacial score (nSPS) is 12.2. The molecule has 9 heteroatoms. The van der Waals surface area contributed by atoms with Crippen molar-refractivity contribution in [3.8, 4) is 0 Å². The van der Waals surface area contributed by atoms with Crippen LogP contribution in [0.3, 0.4) is 0 Å². The molecule has 22 heavy (non-hydrogen) atoms. The van der Waals surface area contributed by atoms with Crippen molar-refractivity contribution in [1.82, 2.24) is 0 Å². The molecule has 0 amide bonds. The number of sulfonamides is 1. The van der Waals surface area contributed by atoms with Crippen LogP contribution in [-0.2, 0) is 16.2 Å². The van der Waals surface area contributed by atoms with Crippen LogP contribution >= 0.6 is 11.6 Å². The quantitative estimate of drug-likeness (QED) is 0.836. The summed E-state index contributed by atoms with van der Waals surface area (Å²) in [6, 6.07) is 6.34. The summed E-state index contributed by atoms with van der Waals surface area (Å²) in [5.74, 6) is -1.12. The molecule has 0 fully saturated rings. The maximum absolute atomic E-state index is 13.6. The van der Waals surface area contributed by atoms with Gasteiger partial charge in [-0.15, -0.1) is 0 Å². The van der Waals surface area contributed by atoms with Crippen molar-refractivity contribution >= 4 is 27.3 Å². The molecule has 2 aromatic carbocycles. The fourth-order valence-electron chi connectivity index (χ4n) is 1.60. The zero-order chi connectivity index (χ0) is 16.5. The van der Waals surface area contributed by atoms with E-state index in [4.69, 9.17) is 11.6 Å². The molecule has 2 aromatic rings. The molecule has 0 atom stereocenters. The summed E-state index contributed by atoms with van der Waals surface area (Å²) in [6.07, 6.45) is -4.71. The Morgan fingerprint density at radius 2 is 1.59 bits per heavy atom. The average molecular weight is 354 g/mol. The van der Waals surface area contributed by atoms with E-state index in [0.29, 0.717) is 18.2 Å². The van der Waals surface area contributed by atoms with E-state index in [1.807, 2.05) is 0 Å². The second kappa shape index (κ2) is 5.77. The highest BCUT2D eigenvalue weighted by Gasteiger charge is 2.31. The number of benzene rings is 2. The Hall–Kier alpha value is -1.80. The fraction of sp³-hybridized carbons (Fsp3) is 0.0769. The van der Waals surface area contributed by atoms with E-state index in [0.717, 1.165) is 12.1 Å². The molecule has 0 aliphatic heterocycles. The molecule has 0 unspecified atom stereocenters. The molecule has 3 nitrogen and oxygen atoms in total. The molecule has 118 valence electrons. The monoisotopic (exact) mass is 353 g/mol. The van der Waals surface area contributed by atoms with E-state index in [1.54, 1.807) is 4.72 Å². The summed E-state index contributed by atoms with van der Waals surface area (Å²) in [5, 5.41) is 0.282. The Morgan fingerprint density at radius 3 is 2.14 bits per heavy atom. The van der Waals surface area contributed by atoms with Crippen LogP contribution in [0.25, 0.3) is 0 Å². The number of hydrogen-bond donors (Lipinski definition) is 1. The van der Waals surface area contributed by atoms with Crippen molar-refractivity contribution in [3.05, 3.63) is 58.9 Å². The Kier molecular flexibility index (Phi) is 4.35. The van der Waals surface area contributed by atoms with Gasteiger partial charge in [0.2, 0.25) is 0 Å². The van der Waals surface area contributed by atoms with Crippen LogP contribution in [0.2, 0.25) is 5.02 Å². The lowest BCUT2D eigenvalue weighted by atomic mass is 10.2. The van der Waals surface area contributed by atoms with E-state index >= 15 is 0 Å². The molecular formula is C13H8ClF4NO2S. The van der Waals surface area contributed by atoms with Crippen LogP contribution in [0.1, 0.15) is 5.56 Å². The van der Waals surface area contributed by atoms with Gasteiger partial charge in [-0.1, -0.05) is 11.6 Å². The number of anilines is 1. The zero-order valence-corrected chi connectivity index (χ0v) is 12.2. The van der Waals surface area contributed by atoms with Crippen molar-refractivity contribution < 1.29 is 26.0 Å². The van der Waals surface area contributed by atoms with Crippen molar-refractivity contribution in [2.45, 2.75) is 11.1 Å². The zero-order valence-electron chi connectivity index (χ0n) is 10.7. The topological polar surface area (TPSA) is 46.2 Å². The molecule has 0 aliphatic rings. The van der Waals surface area contributed by atoms with E-state index in [9.17, 15) is 26.0 Å². The first kappa shape index (κ1) is 16.6. The van der Waals surface area contributed by atoms with Crippen molar-refractivity contribution in [3.63, 3.8) is 0 Å². The molecule has 0 saturated heterocycles.